The number of hydrogen-bond acceptors (Lipinski definition) is 4. The van der Waals surface area contributed by atoms with Gasteiger partial charge in [-0.1, -0.05) is 24.1 Å². The summed E-state index contributed by atoms with van der Waals surface area (Å²) in [7, 11) is 0.231. The first-order valence-electron chi connectivity index (χ1n) is 4.01. The monoisotopic (exact) mass is 232 g/mol. The van der Waals surface area contributed by atoms with Crippen molar-refractivity contribution in [3.05, 3.63) is 10.0 Å². The molecule has 0 bridgehead atoms. The Morgan fingerprint density at radius 1 is 1.62 bits per heavy atom. The molecule has 0 saturated carbocycles. The first-order valence-corrected chi connectivity index (χ1v) is 7.51. The first kappa shape index (κ1) is 9.68. The summed E-state index contributed by atoms with van der Waals surface area (Å²) >= 11 is 3.59. The smallest absolute Gasteiger partial charge is 0.144 e. The van der Waals surface area contributed by atoms with Crippen LogP contribution in [-0.4, -0.2) is 27.6 Å². The highest BCUT2D eigenvalue weighted by atomic mass is 32.2. The number of nitrogens with zero attached hydrogens (tertiary/aromatic N) is 2. The lowest BCUT2D eigenvalue weighted by molar-refractivity contribution is 0.902. The zero-order valence-corrected chi connectivity index (χ0v) is 10.4. The van der Waals surface area contributed by atoms with Crippen LogP contribution in [0.4, 0.5) is 0 Å². The van der Waals surface area contributed by atoms with Gasteiger partial charge in [-0.2, -0.15) is 10.5 Å². The minimum absolute atomic E-state index is 0.200. The minimum Gasteiger partial charge on any atom is -0.163 e. The van der Waals surface area contributed by atoms with E-state index < -0.39 is 0 Å². The highest BCUT2D eigenvalue weighted by molar-refractivity contribution is 8.33. The van der Waals surface area contributed by atoms with Crippen LogP contribution in [-0.2, 0) is 4.08 Å². The van der Waals surface area contributed by atoms with Crippen molar-refractivity contribution < 1.29 is 0 Å². The lowest BCUT2D eigenvalue weighted by Gasteiger charge is -2.06. The van der Waals surface area contributed by atoms with Crippen LogP contribution in [0.2, 0.25) is 0 Å². The fourth-order valence-electron chi connectivity index (χ4n) is 1.51. The van der Waals surface area contributed by atoms with E-state index in [1.807, 2.05) is 18.7 Å². The minimum atomic E-state index is 0.200. The average Bonchev–Trinajstić information content (AvgIpc) is 2.51. The largest absolute Gasteiger partial charge is 0.163 e. The second kappa shape index (κ2) is 3.07. The van der Waals surface area contributed by atoms with Gasteiger partial charge in [-0.25, -0.2) is 0 Å². The second-order valence-corrected chi connectivity index (χ2v) is 7.77. The van der Waals surface area contributed by atoms with Crippen molar-refractivity contribution in [1.82, 2.24) is 10.2 Å². The number of aryl methyl sites for hydroxylation is 1. The third-order valence-corrected chi connectivity index (χ3v) is 8.38. The van der Waals surface area contributed by atoms with Crippen molar-refractivity contribution in [3.63, 3.8) is 0 Å². The lowest BCUT2D eigenvalue weighted by atomic mass is 10.3. The number of hydrogen-bond donors (Lipinski definition) is 0. The van der Waals surface area contributed by atoms with Gasteiger partial charge < -0.3 is 0 Å². The zero-order valence-electron chi connectivity index (χ0n) is 7.90. The molecule has 1 aromatic rings. The van der Waals surface area contributed by atoms with Crippen molar-refractivity contribution in [3.8, 4) is 0 Å². The Balaban J connectivity index is 2.40. The van der Waals surface area contributed by atoms with Crippen LogP contribution in [0.1, 0.15) is 16.9 Å². The van der Waals surface area contributed by atoms with Gasteiger partial charge in [0.25, 0.3) is 0 Å². The van der Waals surface area contributed by atoms with Crippen LogP contribution in [0.25, 0.3) is 0 Å². The van der Waals surface area contributed by atoms with E-state index >= 15 is 0 Å². The average molecular weight is 232 g/mol. The molecule has 1 saturated heterocycles. The maximum atomic E-state index is 4.24. The van der Waals surface area contributed by atoms with Gasteiger partial charge in [-0.15, -0.1) is 22.0 Å². The van der Waals surface area contributed by atoms with Gasteiger partial charge in [0.15, 0.2) is 0 Å². The molecule has 5 heteroatoms. The first-order chi connectivity index (χ1) is 6.13. The van der Waals surface area contributed by atoms with Crippen molar-refractivity contribution >= 4 is 39.5 Å². The number of aromatic nitrogens is 2. The third-order valence-electron chi connectivity index (χ3n) is 2.42. The second-order valence-electron chi connectivity index (χ2n) is 3.07. The SMILES string of the molecule is C=S1C(C)C1(SC)c1nnc(C)s1. The van der Waals surface area contributed by atoms with Gasteiger partial charge in [0.2, 0.25) is 0 Å². The summed E-state index contributed by atoms with van der Waals surface area (Å²) in [4.78, 5) is 0. The van der Waals surface area contributed by atoms with Gasteiger partial charge in [-0.05, 0) is 13.2 Å². The van der Waals surface area contributed by atoms with Crippen molar-refractivity contribution in [2.75, 3.05) is 6.26 Å². The molecule has 3 atom stereocenters. The molecule has 0 radical (unpaired) electrons. The molecule has 0 spiro atoms. The predicted molar refractivity (Wildman–Crippen MR) is 64.0 cm³/mol. The predicted octanol–water partition coefficient (Wildman–Crippen LogP) is 2.47. The molecule has 72 valence electrons. The maximum absolute atomic E-state index is 4.24. The van der Waals surface area contributed by atoms with Gasteiger partial charge in [0.1, 0.15) is 14.1 Å². The van der Waals surface area contributed by atoms with E-state index in [9.17, 15) is 0 Å². The van der Waals surface area contributed by atoms with Crippen molar-refractivity contribution in [1.29, 1.82) is 0 Å². The zero-order chi connectivity index (χ0) is 9.64. The van der Waals surface area contributed by atoms with Gasteiger partial charge in [0, 0.05) is 5.25 Å². The van der Waals surface area contributed by atoms with Crippen LogP contribution in [0, 0.1) is 6.92 Å². The molecular weight excluding hydrogens is 220 g/mol. The van der Waals surface area contributed by atoms with Gasteiger partial charge in [0.05, 0.1) is 0 Å². The van der Waals surface area contributed by atoms with Gasteiger partial charge in [-0.3, -0.25) is 0 Å². The lowest BCUT2D eigenvalue weighted by Crippen LogP contribution is -2.04. The molecule has 1 aromatic heterocycles. The summed E-state index contributed by atoms with van der Waals surface area (Å²) in [6.07, 6.45) is 2.14. The Kier molecular flexibility index (Phi) is 2.28. The van der Waals surface area contributed by atoms with Crippen LogP contribution in [0.3, 0.4) is 0 Å². The summed E-state index contributed by atoms with van der Waals surface area (Å²) in [6, 6.07) is 0. The van der Waals surface area contributed by atoms with Crippen LogP contribution in [0.15, 0.2) is 0 Å². The van der Waals surface area contributed by atoms with E-state index in [1.54, 1.807) is 11.3 Å². The van der Waals surface area contributed by atoms with E-state index in [0.717, 1.165) is 5.01 Å². The Hall–Kier alpha value is 0.130. The van der Waals surface area contributed by atoms with Crippen LogP contribution >= 0.6 is 33.6 Å². The molecule has 1 aliphatic heterocycles. The molecule has 1 fully saturated rings. The Morgan fingerprint density at radius 3 is 2.54 bits per heavy atom. The van der Waals surface area contributed by atoms with E-state index in [-0.39, 0.29) is 14.6 Å². The Labute approximate surface area is 89.1 Å². The molecule has 2 nitrogen and oxygen atoms in total. The molecule has 2 heterocycles. The van der Waals surface area contributed by atoms with E-state index in [0.29, 0.717) is 5.25 Å². The van der Waals surface area contributed by atoms with E-state index in [4.69, 9.17) is 0 Å². The van der Waals surface area contributed by atoms with E-state index in [1.165, 1.54) is 5.01 Å². The molecule has 0 aliphatic carbocycles. The molecule has 0 aromatic carbocycles. The van der Waals surface area contributed by atoms with Crippen LogP contribution in [0.5, 0.6) is 0 Å². The molecular formula is C8H12N2S3. The third kappa shape index (κ3) is 1.21. The maximum Gasteiger partial charge on any atom is 0.144 e. The topological polar surface area (TPSA) is 25.8 Å². The fourth-order valence-corrected chi connectivity index (χ4v) is 6.92. The highest BCUT2D eigenvalue weighted by Gasteiger charge is 2.58. The van der Waals surface area contributed by atoms with Crippen molar-refractivity contribution in [2.45, 2.75) is 23.2 Å². The summed E-state index contributed by atoms with van der Waals surface area (Å²) < 4.78 is 0.200. The molecule has 0 N–H and O–H groups in total. The number of thioether (sulfide) groups is 1. The Bertz CT molecular complexity index is 360. The normalized spacial score (nSPS) is 37.8. The number of rotatable bonds is 2. The molecule has 0 amide bonds. The Morgan fingerprint density at radius 2 is 2.23 bits per heavy atom. The van der Waals surface area contributed by atoms with Crippen LogP contribution < -0.4 is 0 Å². The quantitative estimate of drug-likeness (QED) is 0.579. The molecule has 13 heavy (non-hydrogen) atoms. The fraction of sp³-hybridized carbons (Fsp3) is 0.625. The summed E-state index contributed by atoms with van der Waals surface area (Å²) in [5, 5.41) is 11.2. The summed E-state index contributed by atoms with van der Waals surface area (Å²) in [5.41, 5.74) is 0. The molecule has 1 aliphatic rings. The molecule has 2 rings (SSSR count). The summed E-state index contributed by atoms with van der Waals surface area (Å²) in [6.45, 7) is 4.26. The molecule has 3 unspecified atom stereocenters. The van der Waals surface area contributed by atoms with Crippen molar-refractivity contribution in [2.24, 2.45) is 0 Å². The van der Waals surface area contributed by atoms with Gasteiger partial charge >= 0.3 is 0 Å². The highest BCUT2D eigenvalue weighted by Crippen LogP contribution is 2.71. The summed E-state index contributed by atoms with van der Waals surface area (Å²) in [5.74, 6) is 4.19. The standard InChI is InChI=1S/C8H12N2S3/c1-5-8(11-3,13(5)4)7-10-9-6(2)12-7/h5H,4H2,1-3H3. The van der Waals surface area contributed by atoms with E-state index in [2.05, 4.69) is 29.2 Å².